The van der Waals surface area contributed by atoms with Gasteiger partial charge in [0.05, 0.1) is 5.75 Å². The Morgan fingerprint density at radius 3 is 2.42 bits per heavy atom. The molecule has 1 saturated carbocycles. The first kappa shape index (κ1) is 9.95. The molecule has 3 N–H and O–H groups in total. The maximum Gasteiger partial charge on any atom is 0.211 e. The van der Waals surface area contributed by atoms with Crippen molar-refractivity contribution in [2.24, 2.45) is 11.1 Å². The molecule has 5 heteroatoms. The minimum absolute atomic E-state index is 0.0856. The van der Waals surface area contributed by atoms with E-state index in [0.29, 0.717) is 13.1 Å². The van der Waals surface area contributed by atoms with Gasteiger partial charge in [-0.25, -0.2) is 13.1 Å². The Hall–Kier alpha value is -0.130. The summed E-state index contributed by atoms with van der Waals surface area (Å²) in [6, 6.07) is 0. The molecule has 0 radical (unpaired) electrons. The lowest BCUT2D eigenvalue weighted by Gasteiger charge is -2.12. The third kappa shape index (κ3) is 2.43. The second kappa shape index (κ2) is 3.32. The summed E-state index contributed by atoms with van der Waals surface area (Å²) in [6.45, 7) is 2.73. The van der Waals surface area contributed by atoms with Gasteiger partial charge in [-0.05, 0) is 31.7 Å². The van der Waals surface area contributed by atoms with Crippen LogP contribution >= 0.6 is 0 Å². The molecule has 0 heterocycles. The Labute approximate surface area is 73.6 Å². The molecule has 1 aliphatic carbocycles. The molecule has 0 saturated heterocycles. The number of nitrogens with one attached hydrogen (secondary N) is 1. The van der Waals surface area contributed by atoms with Gasteiger partial charge >= 0.3 is 0 Å². The van der Waals surface area contributed by atoms with Crippen LogP contribution in [0.5, 0.6) is 0 Å². The minimum atomic E-state index is -3.03. The second-order valence-corrected chi connectivity index (χ2v) is 5.52. The summed E-state index contributed by atoms with van der Waals surface area (Å²) >= 11 is 0. The molecule has 1 aliphatic rings. The van der Waals surface area contributed by atoms with E-state index in [0.717, 1.165) is 12.8 Å². The molecular weight excluding hydrogens is 176 g/mol. The summed E-state index contributed by atoms with van der Waals surface area (Å²) in [5.41, 5.74) is 5.59. The number of hydrogen-bond donors (Lipinski definition) is 2. The SMILES string of the molecule is CCS(=O)(=O)NCC1(CN)CC1. The second-order valence-electron chi connectivity index (χ2n) is 3.43. The van der Waals surface area contributed by atoms with Crippen LogP contribution in [0.25, 0.3) is 0 Å². The first-order chi connectivity index (χ1) is 5.54. The average molecular weight is 192 g/mol. The van der Waals surface area contributed by atoms with Crippen LogP contribution in [0.2, 0.25) is 0 Å². The number of hydrogen-bond acceptors (Lipinski definition) is 3. The predicted octanol–water partition coefficient (Wildman–Crippen LogP) is -0.335. The van der Waals surface area contributed by atoms with Crippen molar-refractivity contribution >= 4 is 10.0 Å². The van der Waals surface area contributed by atoms with Crippen molar-refractivity contribution in [3.05, 3.63) is 0 Å². The van der Waals surface area contributed by atoms with Crippen molar-refractivity contribution < 1.29 is 8.42 Å². The zero-order valence-electron chi connectivity index (χ0n) is 7.34. The third-order valence-corrected chi connectivity index (χ3v) is 3.78. The zero-order chi connectivity index (χ0) is 9.24. The highest BCUT2D eigenvalue weighted by molar-refractivity contribution is 7.89. The van der Waals surface area contributed by atoms with Crippen LogP contribution in [-0.4, -0.2) is 27.3 Å². The van der Waals surface area contributed by atoms with E-state index in [9.17, 15) is 8.42 Å². The van der Waals surface area contributed by atoms with Crippen LogP contribution in [0.15, 0.2) is 0 Å². The third-order valence-electron chi connectivity index (χ3n) is 2.44. The van der Waals surface area contributed by atoms with Crippen LogP contribution in [0.4, 0.5) is 0 Å². The fraction of sp³-hybridized carbons (Fsp3) is 1.00. The van der Waals surface area contributed by atoms with Gasteiger partial charge in [-0.15, -0.1) is 0 Å². The van der Waals surface area contributed by atoms with Crippen molar-refractivity contribution in [1.82, 2.24) is 4.72 Å². The molecule has 0 spiro atoms. The van der Waals surface area contributed by atoms with Gasteiger partial charge in [-0.1, -0.05) is 0 Å². The fourth-order valence-electron chi connectivity index (χ4n) is 0.995. The molecule has 12 heavy (non-hydrogen) atoms. The van der Waals surface area contributed by atoms with Crippen molar-refractivity contribution in [2.45, 2.75) is 19.8 Å². The molecule has 0 aromatic rings. The fourth-order valence-corrected chi connectivity index (χ4v) is 1.73. The van der Waals surface area contributed by atoms with Gasteiger partial charge in [0.15, 0.2) is 0 Å². The molecule has 0 aliphatic heterocycles. The average Bonchev–Trinajstić information content (AvgIpc) is 2.82. The summed E-state index contributed by atoms with van der Waals surface area (Å²) in [5, 5.41) is 0. The molecule has 0 aromatic heterocycles. The highest BCUT2D eigenvalue weighted by Gasteiger charge is 2.41. The van der Waals surface area contributed by atoms with Crippen LogP contribution < -0.4 is 10.5 Å². The Kier molecular flexibility index (Phi) is 2.75. The van der Waals surface area contributed by atoms with Gasteiger partial charge in [0.1, 0.15) is 0 Å². The zero-order valence-corrected chi connectivity index (χ0v) is 8.15. The normalized spacial score (nSPS) is 20.8. The Morgan fingerprint density at radius 1 is 1.50 bits per heavy atom. The van der Waals surface area contributed by atoms with Gasteiger partial charge in [0.25, 0.3) is 0 Å². The summed E-state index contributed by atoms with van der Waals surface area (Å²) in [4.78, 5) is 0. The highest BCUT2D eigenvalue weighted by Crippen LogP contribution is 2.43. The maximum atomic E-state index is 11.0. The summed E-state index contributed by atoms with van der Waals surface area (Å²) < 4.78 is 24.6. The maximum absolute atomic E-state index is 11.0. The Bertz CT molecular complexity index is 244. The van der Waals surface area contributed by atoms with Crippen LogP contribution in [0, 0.1) is 5.41 Å². The Morgan fingerprint density at radius 2 is 2.08 bits per heavy atom. The molecule has 1 rings (SSSR count). The van der Waals surface area contributed by atoms with E-state index in [-0.39, 0.29) is 11.2 Å². The minimum Gasteiger partial charge on any atom is -0.330 e. The molecular formula is C7H16N2O2S. The largest absolute Gasteiger partial charge is 0.330 e. The van der Waals surface area contributed by atoms with E-state index >= 15 is 0 Å². The highest BCUT2D eigenvalue weighted by atomic mass is 32.2. The van der Waals surface area contributed by atoms with Crippen molar-refractivity contribution in [2.75, 3.05) is 18.8 Å². The smallest absolute Gasteiger partial charge is 0.211 e. The molecule has 0 unspecified atom stereocenters. The molecule has 0 amide bonds. The molecule has 0 bridgehead atoms. The summed E-state index contributed by atoms with van der Waals surface area (Å²) in [7, 11) is -3.03. The lowest BCUT2D eigenvalue weighted by molar-refractivity contribution is 0.501. The monoisotopic (exact) mass is 192 g/mol. The van der Waals surface area contributed by atoms with E-state index in [2.05, 4.69) is 4.72 Å². The van der Waals surface area contributed by atoms with E-state index in [1.165, 1.54) is 0 Å². The van der Waals surface area contributed by atoms with Crippen LogP contribution in [0.1, 0.15) is 19.8 Å². The standard InChI is InChI=1S/C7H16N2O2S/c1-2-12(10,11)9-6-7(5-8)3-4-7/h9H,2-6,8H2,1H3. The van der Waals surface area contributed by atoms with Gasteiger partial charge in [0, 0.05) is 6.54 Å². The summed E-state index contributed by atoms with van der Waals surface area (Å²) in [5.74, 6) is 0.146. The van der Waals surface area contributed by atoms with Crippen LogP contribution in [-0.2, 0) is 10.0 Å². The van der Waals surface area contributed by atoms with E-state index < -0.39 is 10.0 Å². The topological polar surface area (TPSA) is 72.2 Å². The van der Waals surface area contributed by atoms with Crippen molar-refractivity contribution in [3.63, 3.8) is 0 Å². The van der Waals surface area contributed by atoms with Crippen LogP contribution in [0.3, 0.4) is 0 Å². The molecule has 1 fully saturated rings. The number of rotatable bonds is 5. The van der Waals surface area contributed by atoms with Gasteiger partial charge in [-0.3, -0.25) is 0 Å². The van der Waals surface area contributed by atoms with E-state index in [1.54, 1.807) is 6.92 Å². The van der Waals surface area contributed by atoms with Crippen molar-refractivity contribution in [1.29, 1.82) is 0 Å². The van der Waals surface area contributed by atoms with E-state index in [4.69, 9.17) is 5.73 Å². The van der Waals surface area contributed by atoms with Gasteiger partial charge < -0.3 is 5.73 Å². The first-order valence-corrected chi connectivity index (χ1v) is 5.86. The summed E-state index contributed by atoms with van der Waals surface area (Å²) in [6.07, 6.45) is 2.10. The number of nitrogens with two attached hydrogens (primary N) is 1. The molecule has 0 atom stereocenters. The van der Waals surface area contributed by atoms with Gasteiger partial charge in [-0.2, -0.15) is 0 Å². The number of sulfonamides is 1. The molecule has 4 nitrogen and oxygen atoms in total. The lowest BCUT2D eigenvalue weighted by Crippen LogP contribution is -2.34. The lowest BCUT2D eigenvalue weighted by atomic mass is 10.1. The first-order valence-electron chi connectivity index (χ1n) is 4.21. The molecule has 0 aromatic carbocycles. The van der Waals surface area contributed by atoms with Gasteiger partial charge in [0.2, 0.25) is 10.0 Å². The quantitative estimate of drug-likeness (QED) is 0.626. The van der Waals surface area contributed by atoms with Crippen molar-refractivity contribution in [3.8, 4) is 0 Å². The molecule has 72 valence electrons. The predicted molar refractivity (Wildman–Crippen MR) is 48.2 cm³/mol. The van der Waals surface area contributed by atoms with E-state index in [1.807, 2.05) is 0 Å². The Balaban J connectivity index is 2.35.